The maximum absolute atomic E-state index is 12.0. The molecule has 1 fully saturated rings. The van der Waals surface area contributed by atoms with Gasteiger partial charge in [0.15, 0.2) is 0 Å². The topological polar surface area (TPSA) is 58.4 Å². The molecule has 0 saturated carbocycles. The molecule has 0 radical (unpaired) electrons. The average molecular weight is 268 g/mol. The van der Waals surface area contributed by atoms with E-state index in [4.69, 9.17) is 17.3 Å². The Balaban J connectivity index is 1.90. The molecule has 1 heterocycles. The second-order valence-electron chi connectivity index (χ2n) is 4.53. The molecule has 0 aliphatic carbocycles. The van der Waals surface area contributed by atoms with Gasteiger partial charge in [0.25, 0.3) is 0 Å². The number of likely N-dealkylation sites (tertiary alicyclic amines) is 1. The summed E-state index contributed by atoms with van der Waals surface area (Å²) in [6, 6.07) is 5.20. The quantitative estimate of drug-likeness (QED) is 0.827. The van der Waals surface area contributed by atoms with Crippen molar-refractivity contribution in [1.29, 1.82) is 0 Å². The highest BCUT2D eigenvalue weighted by atomic mass is 35.5. The van der Waals surface area contributed by atoms with Gasteiger partial charge >= 0.3 is 0 Å². The SMILES string of the molecule is Nc1ccc(Cl)cc1NCC(=O)N1CCCCC1. The lowest BCUT2D eigenvalue weighted by atomic mass is 10.1. The second-order valence-corrected chi connectivity index (χ2v) is 4.96. The van der Waals surface area contributed by atoms with Crippen molar-refractivity contribution in [3.05, 3.63) is 23.2 Å². The number of piperidine rings is 1. The Kier molecular flexibility index (Phi) is 4.31. The molecular formula is C13H18ClN3O. The lowest BCUT2D eigenvalue weighted by Gasteiger charge is -2.27. The molecule has 5 heteroatoms. The van der Waals surface area contributed by atoms with E-state index in [1.165, 1.54) is 6.42 Å². The molecule has 1 aromatic rings. The van der Waals surface area contributed by atoms with Gasteiger partial charge in [-0.3, -0.25) is 4.79 Å². The minimum Gasteiger partial charge on any atom is -0.397 e. The first-order valence-corrected chi connectivity index (χ1v) is 6.61. The first kappa shape index (κ1) is 13.0. The van der Waals surface area contributed by atoms with Crippen molar-refractivity contribution >= 4 is 28.9 Å². The van der Waals surface area contributed by atoms with Gasteiger partial charge in [-0.25, -0.2) is 0 Å². The molecule has 1 aromatic carbocycles. The molecule has 0 unspecified atom stereocenters. The predicted octanol–water partition coefficient (Wildman–Crippen LogP) is 2.35. The van der Waals surface area contributed by atoms with Crippen molar-refractivity contribution in [2.45, 2.75) is 19.3 Å². The van der Waals surface area contributed by atoms with E-state index >= 15 is 0 Å². The Morgan fingerprint density at radius 1 is 1.33 bits per heavy atom. The van der Waals surface area contributed by atoms with E-state index in [0.29, 0.717) is 16.4 Å². The fourth-order valence-corrected chi connectivity index (χ4v) is 2.28. The third kappa shape index (κ3) is 3.29. The Morgan fingerprint density at radius 3 is 2.78 bits per heavy atom. The maximum atomic E-state index is 12.0. The van der Waals surface area contributed by atoms with Crippen LogP contribution in [0.15, 0.2) is 18.2 Å². The van der Waals surface area contributed by atoms with Crippen LogP contribution in [0.3, 0.4) is 0 Å². The van der Waals surface area contributed by atoms with Gasteiger partial charge in [0.05, 0.1) is 17.9 Å². The van der Waals surface area contributed by atoms with Crippen molar-refractivity contribution in [2.24, 2.45) is 0 Å². The number of benzene rings is 1. The lowest BCUT2D eigenvalue weighted by molar-refractivity contribution is -0.130. The van der Waals surface area contributed by atoms with Crippen molar-refractivity contribution in [1.82, 2.24) is 4.90 Å². The number of anilines is 2. The van der Waals surface area contributed by atoms with Crippen LogP contribution >= 0.6 is 11.6 Å². The maximum Gasteiger partial charge on any atom is 0.241 e. The van der Waals surface area contributed by atoms with Crippen molar-refractivity contribution < 1.29 is 4.79 Å². The number of halogens is 1. The molecule has 0 bridgehead atoms. The van der Waals surface area contributed by atoms with Gasteiger partial charge < -0.3 is 16.0 Å². The van der Waals surface area contributed by atoms with E-state index in [2.05, 4.69) is 5.32 Å². The van der Waals surface area contributed by atoms with Gasteiger partial charge in [-0.1, -0.05) is 11.6 Å². The van der Waals surface area contributed by atoms with E-state index in [1.807, 2.05) is 4.90 Å². The number of carbonyl (C=O) groups excluding carboxylic acids is 1. The van der Waals surface area contributed by atoms with E-state index in [1.54, 1.807) is 18.2 Å². The Morgan fingerprint density at radius 2 is 2.06 bits per heavy atom. The summed E-state index contributed by atoms with van der Waals surface area (Å²) in [4.78, 5) is 13.9. The summed E-state index contributed by atoms with van der Waals surface area (Å²) in [5.74, 6) is 0.120. The van der Waals surface area contributed by atoms with Gasteiger partial charge in [0.2, 0.25) is 5.91 Å². The molecule has 3 N–H and O–H groups in total. The minimum absolute atomic E-state index is 0.120. The van der Waals surface area contributed by atoms with Crippen LogP contribution < -0.4 is 11.1 Å². The summed E-state index contributed by atoms with van der Waals surface area (Å²) in [6.07, 6.45) is 3.43. The van der Waals surface area contributed by atoms with Gasteiger partial charge in [-0.05, 0) is 37.5 Å². The zero-order valence-electron chi connectivity index (χ0n) is 10.3. The normalized spacial score (nSPS) is 15.5. The molecule has 18 heavy (non-hydrogen) atoms. The summed E-state index contributed by atoms with van der Waals surface area (Å²) in [6.45, 7) is 2.00. The molecule has 98 valence electrons. The number of nitrogens with zero attached hydrogens (tertiary/aromatic N) is 1. The average Bonchev–Trinajstić information content (AvgIpc) is 2.40. The minimum atomic E-state index is 0.120. The molecule has 0 aromatic heterocycles. The van der Waals surface area contributed by atoms with Gasteiger partial charge in [-0.15, -0.1) is 0 Å². The molecule has 1 saturated heterocycles. The summed E-state index contributed by atoms with van der Waals surface area (Å²) >= 11 is 5.89. The monoisotopic (exact) mass is 267 g/mol. The number of nitrogens with one attached hydrogen (secondary N) is 1. The van der Waals surface area contributed by atoms with E-state index in [9.17, 15) is 4.79 Å². The van der Waals surface area contributed by atoms with Crippen molar-refractivity contribution in [3.8, 4) is 0 Å². The second kappa shape index (κ2) is 5.96. The van der Waals surface area contributed by atoms with Crippen LogP contribution in [0.5, 0.6) is 0 Å². The number of nitrogen functional groups attached to an aromatic ring is 1. The lowest BCUT2D eigenvalue weighted by Crippen LogP contribution is -2.39. The number of carbonyl (C=O) groups is 1. The highest BCUT2D eigenvalue weighted by molar-refractivity contribution is 6.31. The Hall–Kier alpha value is -1.42. The molecule has 1 amide bonds. The number of rotatable bonds is 3. The standard InChI is InChI=1S/C13H18ClN3O/c14-10-4-5-11(15)12(8-10)16-9-13(18)17-6-2-1-3-7-17/h4-5,8,16H,1-3,6-7,9,15H2. The fraction of sp³-hybridized carbons (Fsp3) is 0.462. The van der Waals surface area contributed by atoms with Crippen molar-refractivity contribution in [3.63, 3.8) is 0 Å². The van der Waals surface area contributed by atoms with E-state index < -0.39 is 0 Å². The number of nitrogens with two attached hydrogens (primary N) is 1. The smallest absolute Gasteiger partial charge is 0.241 e. The highest BCUT2D eigenvalue weighted by Gasteiger charge is 2.16. The summed E-state index contributed by atoms with van der Waals surface area (Å²) in [5.41, 5.74) is 7.13. The van der Waals surface area contributed by atoms with Crippen LogP contribution in [0.25, 0.3) is 0 Å². The molecule has 1 aliphatic rings. The third-order valence-corrected chi connectivity index (χ3v) is 3.39. The van der Waals surface area contributed by atoms with Crippen LogP contribution in [0.4, 0.5) is 11.4 Å². The predicted molar refractivity (Wildman–Crippen MR) is 74.8 cm³/mol. The first-order valence-electron chi connectivity index (χ1n) is 6.23. The van der Waals surface area contributed by atoms with Crippen molar-refractivity contribution in [2.75, 3.05) is 30.7 Å². The highest BCUT2D eigenvalue weighted by Crippen LogP contribution is 2.22. The largest absolute Gasteiger partial charge is 0.397 e. The number of amides is 1. The summed E-state index contributed by atoms with van der Waals surface area (Å²) < 4.78 is 0. The molecule has 0 atom stereocenters. The van der Waals surface area contributed by atoms with Crippen LogP contribution in [0, 0.1) is 0 Å². The van der Waals surface area contributed by atoms with Gasteiger partial charge in [0, 0.05) is 18.1 Å². The van der Waals surface area contributed by atoms with Gasteiger partial charge in [-0.2, -0.15) is 0 Å². The Labute approximate surface area is 112 Å². The molecular weight excluding hydrogens is 250 g/mol. The zero-order chi connectivity index (χ0) is 13.0. The Bertz CT molecular complexity index is 430. The van der Waals surface area contributed by atoms with Gasteiger partial charge in [0.1, 0.15) is 0 Å². The summed E-state index contributed by atoms with van der Waals surface area (Å²) in [5, 5.41) is 3.66. The number of hydrogen-bond donors (Lipinski definition) is 2. The molecule has 4 nitrogen and oxygen atoms in total. The van der Waals surface area contributed by atoms with E-state index in [-0.39, 0.29) is 12.5 Å². The fourth-order valence-electron chi connectivity index (χ4n) is 2.11. The van der Waals surface area contributed by atoms with Crippen LogP contribution in [-0.2, 0) is 4.79 Å². The van der Waals surface area contributed by atoms with Crippen LogP contribution in [0.2, 0.25) is 5.02 Å². The number of hydrogen-bond acceptors (Lipinski definition) is 3. The zero-order valence-corrected chi connectivity index (χ0v) is 11.0. The molecule has 2 rings (SSSR count). The van der Waals surface area contributed by atoms with Crippen LogP contribution in [-0.4, -0.2) is 30.4 Å². The summed E-state index contributed by atoms with van der Waals surface area (Å²) in [7, 11) is 0. The van der Waals surface area contributed by atoms with Crippen LogP contribution in [0.1, 0.15) is 19.3 Å². The molecule has 1 aliphatic heterocycles. The first-order chi connectivity index (χ1) is 8.66. The van der Waals surface area contributed by atoms with E-state index in [0.717, 1.165) is 25.9 Å². The third-order valence-electron chi connectivity index (χ3n) is 3.15. The molecule has 0 spiro atoms.